The van der Waals surface area contributed by atoms with E-state index in [1.54, 1.807) is 6.07 Å². The molecule has 0 aliphatic rings. The van der Waals surface area contributed by atoms with Gasteiger partial charge in [-0.15, -0.1) is 0 Å². The second kappa shape index (κ2) is 8.60. The molecule has 1 aromatic carbocycles. The zero-order chi connectivity index (χ0) is 14.6. The van der Waals surface area contributed by atoms with Gasteiger partial charge in [-0.3, -0.25) is 0 Å². The maximum atomic E-state index is 12.3. The van der Waals surface area contributed by atoms with Gasteiger partial charge in [-0.05, 0) is 30.4 Å². The summed E-state index contributed by atoms with van der Waals surface area (Å²) in [6.45, 7) is 10.9. The standard InChI is InChI=1S/C16H23ClOP.Li/c1-11(9-16(3,4)5)10-19-15(18)14-12(2)7-6-8-13(14)17;/h6-8,11H,9-10H2,1-5H3;/q-1;+1. The van der Waals surface area contributed by atoms with Crippen LogP contribution in [0.5, 0.6) is 0 Å². The molecule has 0 aromatic heterocycles. The predicted molar refractivity (Wildman–Crippen MR) is 85.5 cm³/mol. The van der Waals surface area contributed by atoms with Crippen molar-refractivity contribution in [1.29, 1.82) is 0 Å². The molecule has 0 saturated carbocycles. The SMILES string of the molecule is Cc1cccc(Cl)c1C(=O)[P-]CC(C)CC(C)(C)C.[Li+]. The molecule has 0 amide bonds. The van der Waals surface area contributed by atoms with E-state index in [-0.39, 0.29) is 24.4 Å². The Morgan fingerprint density at radius 3 is 2.45 bits per heavy atom. The van der Waals surface area contributed by atoms with Crippen molar-refractivity contribution in [3.8, 4) is 0 Å². The summed E-state index contributed by atoms with van der Waals surface area (Å²) in [5.74, 6) is 0.549. The molecule has 1 aromatic rings. The minimum absolute atomic E-state index is 0. The van der Waals surface area contributed by atoms with Gasteiger partial charge < -0.3 is 13.4 Å². The second-order valence-electron chi connectivity index (χ2n) is 6.45. The molecule has 1 unspecified atom stereocenters. The normalized spacial score (nSPS) is 13.3. The Kier molecular flexibility index (Phi) is 8.69. The van der Waals surface area contributed by atoms with Gasteiger partial charge >= 0.3 is 18.9 Å². The molecule has 0 spiro atoms. The molecule has 0 N–H and O–H groups in total. The molecule has 0 fully saturated rings. The fourth-order valence-electron chi connectivity index (χ4n) is 2.33. The van der Waals surface area contributed by atoms with E-state index in [9.17, 15) is 4.79 Å². The molecule has 0 saturated heterocycles. The maximum absolute atomic E-state index is 12.3. The number of benzene rings is 1. The molecule has 0 heterocycles. The quantitative estimate of drug-likeness (QED) is 0.604. The molecule has 0 aliphatic carbocycles. The number of hydrogen-bond acceptors (Lipinski definition) is 1. The van der Waals surface area contributed by atoms with Gasteiger partial charge in [-0.1, -0.05) is 57.3 Å². The third-order valence-electron chi connectivity index (χ3n) is 2.94. The molecule has 106 valence electrons. The van der Waals surface area contributed by atoms with E-state index in [0.29, 0.717) is 21.9 Å². The van der Waals surface area contributed by atoms with Gasteiger partial charge in [-0.25, -0.2) is 0 Å². The van der Waals surface area contributed by atoms with Crippen LogP contribution in [0, 0.1) is 18.3 Å². The molecule has 0 radical (unpaired) electrons. The largest absolute Gasteiger partial charge is 1.00 e. The number of hydrogen-bond donors (Lipinski definition) is 0. The number of rotatable bonds is 5. The van der Waals surface area contributed by atoms with Crippen LogP contribution in [0.1, 0.15) is 50.0 Å². The first-order valence-corrected chi connectivity index (χ1v) is 8.13. The van der Waals surface area contributed by atoms with Crippen LogP contribution in [-0.2, 0) is 0 Å². The minimum atomic E-state index is 0. The predicted octanol–water partition coefficient (Wildman–Crippen LogP) is 2.81. The van der Waals surface area contributed by atoms with Crippen LogP contribution < -0.4 is 18.9 Å². The first-order chi connectivity index (χ1) is 8.70. The zero-order valence-corrected chi connectivity index (χ0v) is 15.1. The molecule has 20 heavy (non-hydrogen) atoms. The van der Waals surface area contributed by atoms with Gasteiger partial charge in [0.2, 0.25) is 0 Å². The van der Waals surface area contributed by atoms with Gasteiger partial charge in [0.25, 0.3) is 0 Å². The number of aryl methyl sites for hydroxylation is 1. The Morgan fingerprint density at radius 1 is 1.35 bits per heavy atom. The van der Waals surface area contributed by atoms with Crippen molar-refractivity contribution in [3.63, 3.8) is 0 Å². The Morgan fingerprint density at radius 2 is 1.95 bits per heavy atom. The van der Waals surface area contributed by atoms with Crippen molar-refractivity contribution in [2.45, 2.75) is 41.0 Å². The van der Waals surface area contributed by atoms with E-state index >= 15 is 0 Å². The van der Waals surface area contributed by atoms with Gasteiger partial charge in [0, 0.05) is 16.1 Å². The van der Waals surface area contributed by atoms with E-state index in [1.165, 1.54) is 0 Å². The molecule has 0 bridgehead atoms. The Labute approximate surface area is 142 Å². The van der Waals surface area contributed by atoms with E-state index in [4.69, 9.17) is 11.6 Å². The molecular weight excluding hydrogens is 282 g/mol. The van der Waals surface area contributed by atoms with Gasteiger partial charge in [0.15, 0.2) is 0 Å². The Hall–Kier alpha value is 0.207. The molecular formula is C16H23ClLiOP. The van der Waals surface area contributed by atoms with Crippen LogP contribution in [0.25, 0.3) is 0 Å². The van der Waals surface area contributed by atoms with Crippen molar-refractivity contribution < 1.29 is 23.7 Å². The zero-order valence-electron chi connectivity index (χ0n) is 13.5. The molecule has 1 nitrogen and oxygen atoms in total. The van der Waals surface area contributed by atoms with Crippen LogP contribution in [0.4, 0.5) is 0 Å². The van der Waals surface area contributed by atoms with E-state index in [2.05, 4.69) is 27.7 Å². The van der Waals surface area contributed by atoms with Crippen LogP contribution in [0.3, 0.4) is 0 Å². The van der Waals surface area contributed by atoms with Crippen molar-refractivity contribution in [3.05, 3.63) is 34.3 Å². The Balaban J connectivity index is 0.00000361. The molecule has 1 rings (SSSR count). The third-order valence-corrected chi connectivity index (χ3v) is 4.57. The monoisotopic (exact) mass is 304 g/mol. The summed E-state index contributed by atoms with van der Waals surface area (Å²) < 4.78 is 0. The second-order valence-corrected chi connectivity index (χ2v) is 7.94. The van der Waals surface area contributed by atoms with Gasteiger partial charge in [-0.2, -0.15) is 6.16 Å². The van der Waals surface area contributed by atoms with Crippen LogP contribution in [0.2, 0.25) is 5.02 Å². The summed E-state index contributed by atoms with van der Waals surface area (Å²) >= 11 is 6.12. The van der Waals surface area contributed by atoms with Crippen LogP contribution in [0.15, 0.2) is 18.2 Å². The fourth-order valence-corrected chi connectivity index (χ4v) is 3.77. The van der Waals surface area contributed by atoms with Crippen molar-refractivity contribution >= 4 is 25.7 Å². The summed E-state index contributed by atoms with van der Waals surface area (Å²) in [5, 5.41) is 0.570. The Bertz CT molecular complexity index is 434. The van der Waals surface area contributed by atoms with Crippen molar-refractivity contribution in [2.24, 2.45) is 11.3 Å². The van der Waals surface area contributed by atoms with E-state index in [1.807, 2.05) is 19.1 Å². The summed E-state index contributed by atoms with van der Waals surface area (Å²) in [5.41, 5.74) is 2.12. The third kappa shape index (κ3) is 6.78. The summed E-state index contributed by atoms with van der Waals surface area (Å²) in [6.07, 6.45) is 2.04. The molecule has 4 heteroatoms. The van der Waals surface area contributed by atoms with Gasteiger partial charge in [0.05, 0.1) is 0 Å². The van der Waals surface area contributed by atoms with Crippen LogP contribution >= 0.6 is 20.2 Å². The van der Waals surface area contributed by atoms with Gasteiger partial charge in [0.1, 0.15) is 0 Å². The smallest absolute Gasteiger partial charge is 0.459 e. The maximum Gasteiger partial charge on any atom is 1.00 e. The topological polar surface area (TPSA) is 17.1 Å². The summed E-state index contributed by atoms with van der Waals surface area (Å²) in [7, 11) is 0.851. The van der Waals surface area contributed by atoms with Crippen molar-refractivity contribution in [2.75, 3.05) is 6.16 Å². The molecule has 0 aliphatic heterocycles. The minimum Gasteiger partial charge on any atom is -0.459 e. The average Bonchev–Trinajstić information content (AvgIpc) is 2.23. The van der Waals surface area contributed by atoms with E-state index < -0.39 is 0 Å². The fraction of sp³-hybridized carbons (Fsp3) is 0.562. The first-order valence-electron chi connectivity index (χ1n) is 6.67. The average molecular weight is 305 g/mol. The molecule has 1 atom stereocenters. The number of halogens is 1. The number of carbonyl (C=O) groups is 1. The first kappa shape index (κ1) is 20.2. The van der Waals surface area contributed by atoms with E-state index in [0.717, 1.165) is 26.7 Å². The number of carbonyl (C=O) groups excluding carboxylic acids is 1. The van der Waals surface area contributed by atoms with Crippen LogP contribution in [-0.4, -0.2) is 11.7 Å². The van der Waals surface area contributed by atoms with Crippen molar-refractivity contribution in [1.82, 2.24) is 0 Å². The summed E-state index contributed by atoms with van der Waals surface area (Å²) in [4.78, 5) is 12.3. The summed E-state index contributed by atoms with van der Waals surface area (Å²) in [6, 6.07) is 5.61.